The quantitative estimate of drug-likeness (QED) is 0.452. The maximum atomic E-state index is 14.6. The molecule has 4 rings (SSSR count). The van der Waals surface area contributed by atoms with Gasteiger partial charge in [-0.15, -0.1) is 22.7 Å². The molecule has 0 N–H and O–H groups in total. The Labute approximate surface area is 166 Å². The molecule has 3 aromatic heterocycles. The zero-order valence-electron chi connectivity index (χ0n) is 14.6. The first-order chi connectivity index (χ1) is 13.1. The number of thiazole rings is 1. The summed E-state index contributed by atoms with van der Waals surface area (Å²) in [5, 5.41) is 4.98. The van der Waals surface area contributed by atoms with Gasteiger partial charge in [0.15, 0.2) is 11.0 Å². The number of aromatic nitrogens is 2. The Bertz CT molecular complexity index is 1090. The average molecular weight is 422 g/mol. The SMILES string of the molecule is COCn1c(-c2nccs2)cc2c(F)ccc(N(C)S(=O)c3cccs3)c21. The highest BCUT2D eigenvalue weighted by atomic mass is 32.2. The minimum absolute atomic E-state index is 0.230. The highest BCUT2D eigenvalue weighted by Gasteiger charge is 2.22. The van der Waals surface area contributed by atoms with Gasteiger partial charge < -0.3 is 9.30 Å². The predicted octanol–water partition coefficient (Wildman–Crippen LogP) is 4.73. The van der Waals surface area contributed by atoms with Gasteiger partial charge in [0.25, 0.3) is 0 Å². The molecule has 0 bridgehead atoms. The molecule has 0 fully saturated rings. The summed E-state index contributed by atoms with van der Waals surface area (Å²) in [6.45, 7) is 0.230. The number of ether oxygens (including phenoxy) is 1. The van der Waals surface area contributed by atoms with E-state index in [0.29, 0.717) is 16.6 Å². The summed E-state index contributed by atoms with van der Waals surface area (Å²) in [6, 6.07) is 8.52. The van der Waals surface area contributed by atoms with Gasteiger partial charge in [-0.25, -0.2) is 13.6 Å². The van der Waals surface area contributed by atoms with Gasteiger partial charge >= 0.3 is 0 Å². The van der Waals surface area contributed by atoms with Crippen molar-refractivity contribution in [3.05, 3.63) is 53.1 Å². The van der Waals surface area contributed by atoms with E-state index < -0.39 is 11.0 Å². The molecular weight excluding hydrogens is 405 g/mol. The molecule has 5 nitrogen and oxygen atoms in total. The number of thiophene rings is 1. The largest absolute Gasteiger partial charge is 0.364 e. The second-order valence-electron chi connectivity index (χ2n) is 5.72. The van der Waals surface area contributed by atoms with Crippen LogP contribution in [0.3, 0.4) is 0 Å². The molecule has 27 heavy (non-hydrogen) atoms. The van der Waals surface area contributed by atoms with Crippen molar-refractivity contribution in [3.8, 4) is 10.7 Å². The number of hydrogen-bond donors (Lipinski definition) is 0. The van der Waals surface area contributed by atoms with Gasteiger partial charge in [0, 0.05) is 31.1 Å². The van der Waals surface area contributed by atoms with Gasteiger partial charge in [0.1, 0.15) is 21.8 Å². The van der Waals surface area contributed by atoms with Gasteiger partial charge in [0.05, 0.1) is 16.9 Å². The summed E-state index contributed by atoms with van der Waals surface area (Å²) in [5.74, 6) is -0.336. The lowest BCUT2D eigenvalue weighted by atomic mass is 10.2. The topological polar surface area (TPSA) is 47.4 Å². The standard InChI is InChI=1S/C18H16FN3O2S3/c1-21(27(23)16-4-3-8-25-16)14-6-5-13(19)12-10-15(18-20-7-9-26-18)22(11-24-2)17(12)14/h3-10H,11H2,1-2H3. The minimum Gasteiger partial charge on any atom is -0.364 e. The van der Waals surface area contributed by atoms with Crippen LogP contribution < -0.4 is 4.31 Å². The van der Waals surface area contributed by atoms with Crippen molar-refractivity contribution in [2.45, 2.75) is 10.9 Å². The van der Waals surface area contributed by atoms with Crippen molar-refractivity contribution in [2.75, 3.05) is 18.5 Å². The third-order valence-corrected chi connectivity index (χ3v) is 7.50. The lowest BCUT2D eigenvalue weighted by molar-refractivity contribution is 0.136. The Balaban J connectivity index is 1.94. The van der Waals surface area contributed by atoms with E-state index in [1.807, 2.05) is 27.5 Å². The van der Waals surface area contributed by atoms with Crippen LogP contribution in [0.2, 0.25) is 0 Å². The maximum absolute atomic E-state index is 14.6. The fourth-order valence-electron chi connectivity index (χ4n) is 2.96. The molecule has 0 aliphatic rings. The minimum atomic E-state index is -1.39. The van der Waals surface area contributed by atoms with Gasteiger partial charge in [-0.1, -0.05) is 6.07 Å². The van der Waals surface area contributed by atoms with Crippen molar-refractivity contribution in [3.63, 3.8) is 0 Å². The molecule has 4 aromatic rings. The molecule has 1 aromatic carbocycles. The fraction of sp³-hybridized carbons (Fsp3) is 0.167. The lowest BCUT2D eigenvalue weighted by Gasteiger charge is -2.20. The van der Waals surface area contributed by atoms with Crippen LogP contribution in [0.15, 0.2) is 51.5 Å². The van der Waals surface area contributed by atoms with Crippen LogP contribution in [0, 0.1) is 5.82 Å². The molecule has 0 radical (unpaired) electrons. The number of nitrogens with zero attached hydrogens (tertiary/aromatic N) is 3. The predicted molar refractivity (Wildman–Crippen MR) is 109 cm³/mol. The molecule has 0 saturated carbocycles. The Morgan fingerprint density at radius 3 is 2.81 bits per heavy atom. The molecule has 0 saturated heterocycles. The zero-order valence-corrected chi connectivity index (χ0v) is 17.0. The number of benzene rings is 1. The summed E-state index contributed by atoms with van der Waals surface area (Å²) in [4.78, 5) is 4.35. The number of fused-ring (bicyclic) bond motifs is 1. The molecule has 0 spiro atoms. The fourth-order valence-corrected chi connectivity index (χ4v) is 5.69. The molecular formula is C18H16FN3O2S3. The van der Waals surface area contributed by atoms with Crippen LogP contribution in [-0.4, -0.2) is 27.9 Å². The van der Waals surface area contributed by atoms with Crippen LogP contribution in [-0.2, 0) is 22.5 Å². The number of anilines is 1. The van der Waals surface area contributed by atoms with Crippen molar-refractivity contribution in [1.82, 2.24) is 9.55 Å². The maximum Gasteiger partial charge on any atom is 0.163 e. The highest BCUT2D eigenvalue weighted by Crippen LogP contribution is 2.37. The van der Waals surface area contributed by atoms with Crippen molar-refractivity contribution >= 4 is 50.2 Å². The number of halogens is 1. The van der Waals surface area contributed by atoms with E-state index in [9.17, 15) is 8.60 Å². The summed E-state index contributed by atoms with van der Waals surface area (Å²) in [5.41, 5.74) is 2.07. The van der Waals surface area contributed by atoms with Crippen molar-refractivity contribution < 1.29 is 13.3 Å². The molecule has 1 atom stereocenters. The van der Waals surface area contributed by atoms with Crippen LogP contribution in [0.1, 0.15) is 0 Å². The van der Waals surface area contributed by atoms with Gasteiger partial charge in [-0.05, 0) is 29.6 Å². The molecule has 1 unspecified atom stereocenters. The molecule has 0 amide bonds. The van der Waals surface area contributed by atoms with Crippen molar-refractivity contribution in [2.24, 2.45) is 0 Å². The Morgan fingerprint density at radius 2 is 2.15 bits per heavy atom. The molecule has 0 aliphatic carbocycles. The highest BCUT2D eigenvalue weighted by molar-refractivity contribution is 7.88. The number of methoxy groups -OCH3 is 1. The first-order valence-electron chi connectivity index (χ1n) is 8.01. The summed E-state index contributed by atoms with van der Waals surface area (Å²) < 4.78 is 37.2. The third kappa shape index (κ3) is 3.20. The second-order valence-corrected chi connectivity index (χ2v) is 9.31. The number of hydrogen-bond acceptors (Lipinski definition) is 5. The Hall–Kier alpha value is -2.07. The summed E-state index contributed by atoms with van der Waals surface area (Å²) in [6.07, 6.45) is 1.71. The van der Waals surface area contributed by atoms with Gasteiger partial charge in [-0.2, -0.15) is 0 Å². The molecule has 0 aliphatic heterocycles. The van der Waals surface area contributed by atoms with Crippen LogP contribution in [0.5, 0.6) is 0 Å². The number of rotatable bonds is 6. The van der Waals surface area contributed by atoms with Gasteiger partial charge in [-0.3, -0.25) is 4.31 Å². The van der Waals surface area contributed by atoms with E-state index in [-0.39, 0.29) is 12.5 Å². The monoisotopic (exact) mass is 421 g/mol. The third-order valence-electron chi connectivity index (χ3n) is 4.15. The summed E-state index contributed by atoms with van der Waals surface area (Å²) in [7, 11) is 1.94. The zero-order chi connectivity index (χ0) is 19.0. The molecule has 9 heteroatoms. The first-order valence-corrected chi connectivity index (χ1v) is 10.9. The van der Waals surface area contributed by atoms with Crippen molar-refractivity contribution in [1.29, 1.82) is 0 Å². The van der Waals surface area contributed by atoms with E-state index in [1.165, 1.54) is 28.7 Å². The van der Waals surface area contributed by atoms with Crippen LogP contribution in [0.4, 0.5) is 10.1 Å². The summed E-state index contributed by atoms with van der Waals surface area (Å²) >= 11 is 2.90. The normalized spacial score (nSPS) is 12.6. The van der Waals surface area contributed by atoms with Crippen LogP contribution >= 0.6 is 22.7 Å². The van der Waals surface area contributed by atoms with E-state index in [1.54, 1.807) is 36.8 Å². The van der Waals surface area contributed by atoms with E-state index >= 15 is 0 Å². The molecule has 140 valence electrons. The van der Waals surface area contributed by atoms with Crippen LogP contribution in [0.25, 0.3) is 21.6 Å². The second kappa shape index (κ2) is 7.51. The average Bonchev–Trinajstić information content (AvgIpc) is 3.42. The first kappa shape index (κ1) is 18.3. The van der Waals surface area contributed by atoms with E-state index in [4.69, 9.17) is 4.74 Å². The van der Waals surface area contributed by atoms with E-state index in [2.05, 4.69) is 4.98 Å². The lowest BCUT2D eigenvalue weighted by Crippen LogP contribution is -2.21. The van der Waals surface area contributed by atoms with Gasteiger partial charge in [0.2, 0.25) is 0 Å². The Morgan fingerprint density at radius 1 is 1.30 bits per heavy atom. The van der Waals surface area contributed by atoms with E-state index in [0.717, 1.165) is 14.9 Å². The smallest absolute Gasteiger partial charge is 0.163 e. The Kier molecular flexibility index (Phi) is 5.09. The molecule has 3 heterocycles.